The van der Waals surface area contributed by atoms with Gasteiger partial charge in [0.1, 0.15) is 12.4 Å². The highest BCUT2D eigenvalue weighted by atomic mass is 32.2. The van der Waals surface area contributed by atoms with Crippen LogP contribution in [0.1, 0.15) is 45.4 Å². The van der Waals surface area contributed by atoms with E-state index in [-0.39, 0.29) is 6.04 Å². The van der Waals surface area contributed by atoms with Gasteiger partial charge in [-0.3, -0.25) is 0 Å². The van der Waals surface area contributed by atoms with Crippen molar-refractivity contribution in [1.82, 2.24) is 4.31 Å². The molecule has 0 radical (unpaired) electrons. The Morgan fingerprint density at radius 2 is 1.67 bits per heavy atom. The minimum absolute atomic E-state index is 0.111. The van der Waals surface area contributed by atoms with Crippen molar-refractivity contribution in [1.29, 1.82) is 0 Å². The molecule has 2 rings (SSSR count). The molecule has 1 fully saturated rings. The summed E-state index contributed by atoms with van der Waals surface area (Å²) in [7, 11) is -1.74. The van der Waals surface area contributed by atoms with Crippen LogP contribution < -0.4 is 4.74 Å². The average Bonchev–Trinajstić information content (AvgIpc) is 2.88. The number of hydrogen-bond donors (Lipinski definition) is 0. The lowest BCUT2D eigenvalue weighted by Gasteiger charge is -2.26. The van der Waals surface area contributed by atoms with Crippen LogP contribution in [0.4, 0.5) is 0 Å². The van der Waals surface area contributed by atoms with Crippen molar-refractivity contribution in [3.05, 3.63) is 24.3 Å². The van der Waals surface area contributed by atoms with E-state index in [1.807, 2.05) is 6.92 Å². The van der Waals surface area contributed by atoms with Crippen molar-refractivity contribution in [2.24, 2.45) is 0 Å². The third-order valence-electron chi connectivity index (χ3n) is 4.54. The molecule has 0 unspecified atom stereocenters. The lowest BCUT2D eigenvalue weighted by Crippen LogP contribution is -2.36. The summed E-state index contributed by atoms with van der Waals surface area (Å²) in [5.41, 5.74) is 0. The molecule has 6 heteroatoms. The quantitative estimate of drug-likeness (QED) is 0.529. The van der Waals surface area contributed by atoms with Gasteiger partial charge in [0, 0.05) is 19.7 Å². The van der Waals surface area contributed by atoms with Crippen molar-refractivity contribution in [2.45, 2.75) is 56.4 Å². The zero-order valence-electron chi connectivity index (χ0n) is 14.7. The number of sulfonamides is 1. The lowest BCUT2D eigenvalue weighted by molar-refractivity contribution is 0.110. The molecule has 24 heavy (non-hydrogen) atoms. The summed E-state index contributed by atoms with van der Waals surface area (Å²) in [4.78, 5) is 0.325. The summed E-state index contributed by atoms with van der Waals surface area (Å²) in [5, 5.41) is 0. The summed E-state index contributed by atoms with van der Waals surface area (Å²) in [5.74, 6) is 0.658. The highest BCUT2D eigenvalue weighted by Gasteiger charge is 2.28. The van der Waals surface area contributed by atoms with Crippen LogP contribution in [-0.2, 0) is 14.8 Å². The Kier molecular flexibility index (Phi) is 7.52. The van der Waals surface area contributed by atoms with Gasteiger partial charge in [0.2, 0.25) is 10.0 Å². The predicted molar refractivity (Wildman–Crippen MR) is 94.9 cm³/mol. The molecule has 0 spiro atoms. The molecule has 1 aromatic rings. The first-order valence-electron chi connectivity index (χ1n) is 8.84. The number of rotatable bonds is 8. The molecule has 0 N–H and O–H groups in total. The maximum Gasteiger partial charge on any atom is 0.243 e. The summed E-state index contributed by atoms with van der Waals surface area (Å²) in [6.07, 6.45) is 6.54. The first kappa shape index (κ1) is 19.2. The van der Waals surface area contributed by atoms with Gasteiger partial charge in [-0.2, -0.15) is 4.31 Å². The molecule has 1 saturated carbocycles. The fourth-order valence-corrected chi connectivity index (χ4v) is 4.47. The van der Waals surface area contributed by atoms with E-state index in [2.05, 4.69) is 0 Å². The van der Waals surface area contributed by atoms with Crippen molar-refractivity contribution < 1.29 is 17.9 Å². The van der Waals surface area contributed by atoms with Gasteiger partial charge in [-0.25, -0.2) is 8.42 Å². The van der Waals surface area contributed by atoms with Gasteiger partial charge in [0.25, 0.3) is 0 Å². The molecule has 1 aliphatic carbocycles. The van der Waals surface area contributed by atoms with E-state index < -0.39 is 10.0 Å². The zero-order valence-corrected chi connectivity index (χ0v) is 15.6. The first-order valence-corrected chi connectivity index (χ1v) is 10.3. The zero-order chi connectivity index (χ0) is 17.4. The maximum atomic E-state index is 12.8. The fraction of sp³-hybridized carbons (Fsp3) is 0.667. The van der Waals surface area contributed by atoms with Gasteiger partial charge < -0.3 is 9.47 Å². The highest BCUT2D eigenvalue weighted by Crippen LogP contribution is 2.26. The molecule has 0 aromatic heterocycles. The van der Waals surface area contributed by atoms with Crippen LogP contribution in [-0.4, -0.2) is 45.6 Å². The van der Waals surface area contributed by atoms with Gasteiger partial charge in [0.15, 0.2) is 0 Å². The number of benzene rings is 1. The number of nitrogens with zero attached hydrogens (tertiary/aromatic N) is 1. The SMILES string of the molecule is CCOCCOc1ccc(S(=O)(=O)N(C)C2CCCCCC2)cc1. The van der Waals surface area contributed by atoms with E-state index in [1.54, 1.807) is 35.6 Å². The smallest absolute Gasteiger partial charge is 0.243 e. The second kappa shape index (κ2) is 9.39. The van der Waals surface area contributed by atoms with E-state index in [0.717, 1.165) is 25.7 Å². The molecule has 0 atom stereocenters. The fourth-order valence-electron chi connectivity index (χ4n) is 3.05. The van der Waals surface area contributed by atoms with Gasteiger partial charge >= 0.3 is 0 Å². The second-order valence-electron chi connectivity index (χ2n) is 6.18. The maximum absolute atomic E-state index is 12.8. The highest BCUT2D eigenvalue weighted by molar-refractivity contribution is 7.89. The summed E-state index contributed by atoms with van der Waals surface area (Å²) in [6, 6.07) is 6.77. The van der Waals surface area contributed by atoms with E-state index in [1.165, 1.54) is 12.8 Å². The second-order valence-corrected chi connectivity index (χ2v) is 8.18. The Bertz CT molecular complexity index is 578. The summed E-state index contributed by atoms with van der Waals surface area (Å²) >= 11 is 0. The largest absolute Gasteiger partial charge is 0.491 e. The Hall–Kier alpha value is -1.11. The molecule has 1 aliphatic rings. The Labute approximate surface area is 146 Å². The monoisotopic (exact) mass is 355 g/mol. The van der Waals surface area contributed by atoms with Crippen molar-refractivity contribution in [2.75, 3.05) is 26.9 Å². The molecule has 136 valence electrons. The molecule has 0 bridgehead atoms. The third-order valence-corrected chi connectivity index (χ3v) is 6.46. The number of hydrogen-bond acceptors (Lipinski definition) is 4. The summed E-state index contributed by atoms with van der Waals surface area (Å²) < 4.78 is 37.9. The van der Waals surface area contributed by atoms with Crippen LogP contribution >= 0.6 is 0 Å². The molecule has 0 heterocycles. The van der Waals surface area contributed by atoms with Crippen molar-refractivity contribution >= 4 is 10.0 Å². The van der Waals surface area contributed by atoms with E-state index in [9.17, 15) is 8.42 Å². The van der Waals surface area contributed by atoms with Crippen LogP contribution in [0.3, 0.4) is 0 Å². The number of ether oxygens (including phenoxy) is 2. The molecule has 5 nitrogen and oxygen atoms in total. The summed E-state index contributed by atoms with van der Waals surface area (Å²) in [6.45, 7) is 3.58. The lowest BCUT2D eigenvalue weighted by atomic mass is 10.1. The van der Waals surface area contributed by atoms with E-state index >= 15 is 0 Å². The molecule has 0 amide bonds. The van der Waals surface area contributed by atoms with E-state index in [0.29, 0.717) is 30.5 Å². The molecular formula is C18H29NO4S. The standard InChI is InChI=1S/C18H29NO4S/c1-3-22-14-15-23-17-10-12-18(13-11-17)24(20,21)19(2)16-8-6-4-5-7-9-16/h10-13,16H,3-9,14-15H2,1-2H3. The molecule has 0 saturated heterocycles. The minimum atomic E-state index is -3.45. The van der Waals surface area contributed by atoms with Crippen molar-refractivity contribution in [3.8, 4) is 5.75 Å². The van der Waals surface area contributed by atoms with Crippen LogP contribution in [0.15, 0.2) is 29.2 Å². The van der Waals surface area contributed by atoms with Gasteiger partial charge in [-0.15, -0.1) is 0 Å². The molecule has 0 aliphatic heterocycles. The minimum Gasteiger partial charge on any atom is -0.491 e. The molecule has 1 aromatic carbocycles. The average molecular weight is 356 g/mol. The normalized spacial score (nSPS) is 17.0. The predicted octanol–water partition coefficient (Wildman–Crippen LogP) is 3.45. The Morgan fingerprint density at radius 1 is 1.04 bits per heavy atom. The molecular weight excluding hydrogens is 326 g/mol. The van der Waals surface area contributed by atoms with Gasteiger partial charge in [-0.05, 0) is 44.0 Å². The van der Waals surface area contributed by atoms with Gasteiger partial charge in [0.05, 0.1) is 11.5 Å². The Balaban J connectivity index is 2.00. The van der Waals surface area contributed by atoms with Crippen molar-refractivity contribution in [3.63, 3.8) is 0 Å². The third kappa shape index (κ3) is 5.19. The Morgan fingerprint density at radius 3 is 2.25 bits per heavy atom. The van der Waals surface area contributed by atoms with Crippen LogP contribution in [0, 0.1) is 0 Å². The van der Waals surface area contributed by atoms with Crippen LogP contribution in [0.5, 0.6) is 5.75 Å². The van der Waals surface area contributed by atoms with E-state index in [4.69, 9.17) is 9.47 Å². The van der Waals surface area contributed by atoms with Gasteiger partial charge in [-0.1, -0.05) is 25.7 Å². The topological polar surface area (TPSA) is 55.8 Å². The van der Waals surface area contributed by atoms with Crippen LogP contribution in [0.2, 0.25) is 0 Å². The first-order chi connectivity index (χ1) is 11.6. The van der Waals surface area contributed by atoms with Crippen LogP contribution in [0.25, 0.3) is 0 Å².